The summed E-state index contributed by atoms with van der Waals surface area (Å²) in [6, 6.07) is 0.669. The Hall–Kier alpha value is 0.210. The van der Waals surface area contributed by atoms with Crippen LogP contribution in [0.3, 0.4) is 0 Å². The van der Waals surface area contributed by atoms with Gasteiger partial charge in [0.1, 0.15) is 0 Å². The molecule has 0 amide bonds. The van der Waals surface area contributed by atoms with Gasteiger partial charge in [0.05, 0.1) is 0 Å². The van der Waals surface area contributed by atoms with E-state index in [1.165, 1.54) is 6.42 Å². The van der Waals surface area contributed by atoms with E-state index < -0.39 is 0 Å². The van der Waals surface area contributed by atoms with Crippen molar-refractivity contribution in [3.05, 3.63) is 0 Å². The van der Waals surface area contributed by atoms with E-state index in [9.17, 15) is 0 Å². The minimum absolute atomic E-state index is 0.669. The summed E-state index contributed by atoms with van der Waals surface area (Å²) >= 11 is 5.76. The van der Waals surface area contributed by atoms with E-state index in [2.05, 4.69) is 19.0 Å². The maximum absolute atomic E-state index is 5.76. The lowest BCUT2D eigenvalue weighted by molar-refractivity contribution is 0.304. The van der Waals surface area contributed by atoms with Crippen LogP contribution in [-0.2, 0) is 0 Å². The van der Waals surface area contributed by atoms with Crippen molar-refractivity contribution in [3.63, 3.8) is 0 Å². The van der Waals surface area contributed by atoms with Crippen LogP contribution in [0.25, 0.3) is 0 Å². The van der Waals surface area contributed by atoms with Crippen molar-refractivity contribution in [2.24, 2.45) is 0 Å². The van der Waals surface area contributed by atoms with Gasteiger partial charge < -0.3 is 4.90 Å². The molecule has 54 valence electrons. The van der Waals surface area contributed by atoms with Gasteiger partial charge in [-0.15, -0.1) is 0 Å². The van der Waals surface area contributed by atoms with E-state index in [1.807, 2.05) is 4.42 Å². The topological polar surface area (TPSA) is 6.48 Å². The average Bonchev–Trinajstić information content (AvgIpc) is 2.14. The predicted molar refractivity (Wildman–Crippen MR) is 39.5 cm³/mol. The maximum Gasteiger partial charge on any atom is 0.0295 e. The molecule has 1 aliphatic heterocycles. The molecule has 0 unspecified atom stereocenters. The highest BCUT2D eigenvalue weighted by Crippen LogP contribution is 2.13. The Morgan fingerprint density at radius 1 is 1.56 bits per heavy atom. The monoisotopic (exact) mass is 148 g/mol. The van der Waals surface area contributed by atoms with Gasteiger partial charge in [0, 0.05) is 19.1 Å². The molecule has 0 aromatic carbocycles. The number of rotatable bonds is 1. The van der Waals surface area contributed by atoms with Gasteiger partial charge in [-0.2, -0.15) is 0 Å². The fraction of sp³-hybridized carbons (Fsp3) is 1.00. The Balaban J connectivity index is 2.30. The average molecular weight is 149 g/mol. The number of hydrogen-bond acceptors (Lipinski definition) is 2. The molecule has 0 aromatic heterocycles. The van der Waals surface area contributed by atoms with Crippen LogP contribution in [0.5, 0.6) is 0 Å². The third-order valence-corrected chi connectivity index (χ3v) is 2.15. The molecular formula is C6H13ClN2. The molecule has 0 spiro atoms. The number of nitrogens with zero attached hydrogens (tertiary/aromatic N) is 2. The first kappa shape index (κ1) is 7.32. The van der Waals surface area contributed by atoms with Crippen molar-refractivity contribution in [3.8, 4) is 0 Å². The molecule has 9 heavy (non-hydrogen) atoms. The van der Waals surface area contributed by atoms with Gasteiger partial charge in [0.25, 0.3) is 0 Å². The molecule has 1 rings (SSSR count). The minimum atomic E-state index is 0.669. The van der Waals surface area contributed by atoms with Crippen LogP contribution in [0.15, 0.2) is 0 Å². The largest absolute Gasteiger partial charge is 0.305 e. The first-order valence-corrected chi connectivity index (χ1v) is 3.61. The fourth-order valence-electron chi connectivity index (χ4n) is 1.12. The molecule has 1 heterocycles. The highest BCUT2D eigenvalue weighted by atomic mass is 35.5. The van der Waals surface area contributed by atoms with Gasteiger partial charge in [0.2, 0.25) is 0 Å². The normalized spacial score (nSPS) is 30.0. The van der Waals surface area contributed by atoms with Gasteiger partial charge in [0.15, 0.2) is 0 Å². The first-order valence-electron chi connectivity index (χ1n) is 3.27. The lowest BCUT2D eigenvalue weighted by Gasteiger charge is -2.17. The van der Waals surface area contributed by atoms with Crippen molar-refractivity contribution in [1.29, 1.82) is 0 Å². The van der Waals surface area contributed by atoms with Crippen molar-refractivity contribution < 1.29 is 0 Å². The minimum Gasteiger partial charge on any atom is -0.305 e. The van der Waals surface area contributed by atoms with Crippen molar-refractivity contribution in [2.75, 3.05) is 27.2 Å². The second kappa shape index (κ2) is 2.86. The number of likely N-dealkylation sites (N-methyl/N-ethyl adjacent to an activating group) is 1. The molecule has 3 heteroatoms. The van der Waals surface area contributed by atoms with E-state index in [0.717, 1.165) is 13.1 Å². The van der Waals surface area contributed by atoms with Crippen LogP contribution in [-0.4, -0.2) is 42.5 Å². The fourth-order valence-corrected chi connectivity index (χ4v) is 1.38. The molecule has 0 saturated carbocycles. The van der Waals surface area contributed by atoms with E-state index in [4.69, 9.17) is 11.8 Å². The molecule has 0 N–H and O–H groups in total. The molecule has 2 nitrogen and oxygen atoms in total. The summed E-state index contributed by atoms with van der Waals surface area (Å²) in [5.41, 5.74) is 0. The Kier molecular flexibility index (Phi) is 2.33. The summed E-state index contributed by atoms with van der Waals surface area (Å²) in [5.74, 6) is 0. The van der Waals surface area contributed by atoms with Gasteiger partial charge in [-0.25, -0.2) is 4.42 Å². The summed E-state index contributed by atoms with van der Waals surface area (Å²) in [7, 11) is 4.20. The van der Waals surface area contributed by atoms with Crippen LogP contribution in [0.4, 0.5) is 0 Å². The molecule has 0 aromatic rings. The van der Waals surface area contributed by atoms with Gasteiger partial charge in [-0.1, -0.05) is 0 Å². The molecule has 0 bridgehead atoms. The smallest absolute Gasteiger partial charge is 0.0295 e. The Morgan fingerprint density at radius 3 is 2.44 bits per heavy atom. The van der Waals surface area contributed by atoms with Crippen LogP contribution in [0.2, 0.25) is 0 Å². The molecule has 1 fully saturated rings. The highest BCUT2D eigenvalue weighted by Gasteiger charge is 2.21. The van der Waals surface area contributed by atoms with Gasteiger partial charge in [-0.05, 0) is 32.3 Å². The zero-order chi connectivity index (χ0) is 6.85. The third-order valence-electron chi connectivity index (χ3n) is 1.84. The van der Waals surface area contributed by atoms with Crippen LogP contribution >= 0.6 is 11.8 Å². The van der Waals surface area contributed by atoms with E-state index in [1.54, 1.807) is 0 Å². The van der Waals surface area contributed by atoms with Crippen molar-refractivity contribution in [2.45, 2.75) is 12.5 Å². The lowest BCUT2D eigenvalue weighted by atomic mass is 10.2. The highest BCUT2D eigenvalue weighted by molar-refractivity contribution is 6.13. The predicted octanol–water partition coefficient (Wildman–Crippen LogP) is 0.776. The number of hydrogen-bond donors (Lipinski definition) is 0. The third kappa shape index (κ3) is 1.81. The summed E-state index contributed by atoms with van der Waals surface area (Å²) in [6.07, 6.45) is 1.20. The second-order valence-electron chi connectivity index (χ2n) is 2.77. The molecular weight excluding hydrogens is 136 g/mol. The summed E-state index contributed by atoms with van der Waals surface area (Å²) in [4.78, 5) is 2.22. The molecule has 1 aliphatic rings. The SMILES string of the molecule is CN(C)[C@H]1CCN(Cl)C1. The van der Waals surface area contributed by atoms with E-state index in [-0.39, 0.29) is 0 Å². The standard InChI is InChI=1S/C6H13ClN2/c1-8(2)6-3-4-9(7)5-6/h6H,3-5H2,1-2H3/t6-/m0/s1. The van der Waals surface area contributed by atoms with E-state index in [0.29, 0.717) is 6.04 Å². The molecule has 0 aliphatic carbocycles. The van der Waals surface area contributed by atoms with Crippen LogP contribution in [0.1, 0.15) is 6.42 Å². The lowest BCUT2D eigenvalue weighted by Crippen LogP contribution is -2.29. The summed E-state index contributed by atoms with van der Waals surface area (Å²) in [6.45, 7) is 2.04. The molecule has 0 radical (unpaired) electrons. The Morgan fingerprint density at radius 2 is 2.22 bits per heavy atom. The maximum atomic E-state index is 5.76. The molecule has 1 saturated heterocycles. The molecule has 1 atom stereocenters. The van der Waals surface area contributed by atoms with Crippen molar-refractivity contribution >= 4 is 11.8 Å². The summed E-state index contributed by atoms with van der Waals surface area (Å²) < 4.78 is 1.85. The summed E-state index contributed by atoms with van der Waals surface area (Å²) in [5, 5.41) is 0. The van der Waals surface area contributed by atoms with Crippen LogP contribution in [0, 0.1) is 0 Å². The van der Waals surface area contributed by atoms with E-state index >= 15 is 0 Å². The quantitative estimate of drug-likeness (QED) is 0.507. The van der Waals surface area contributed by atoms with Gasteiger partial charge >= 0.3 is 0 Å². The zero-order valence-corrected chi connectivity index (χ0v) is 6.73. The number of halogens is 1. The Labute approximate surface area is 61.5 Å². The van der Waals surface area contributed by atoms with Crippen LogP contribution < -0.4 is 0 Å². The Bertz CT molecular complexity index is 95.1. The van der Waals surface area contributed by atoms with Crippen molar-refractivity contribution in [1.82, 2.24) is 9.32 Å². The zero-order valence-electron chi connectivity index (χ0n) is 5.97. The first-order chi connectivity index (χ1) is 4.20. The second-order valence-corrected chi connectivity index (χ2v) is 3.25. The van der Waals surface area contributed by atoms with Gasteiger partial charge in [-0.3, -0.25) is 0 Å².